The van der Waals surface area contributed by atoms with Crippen LogP contribution in [0.1, 0.15) is 104 Å². The first kappa shape index (κ1) is 17.7. The lowest BCUT2D eigenvalue weighted by molar-refractivity contribution is 0.557. The number of unbranched alkanes of at least 4 members (excludes halogenated alkanes) is 10. The Hall–Kier alpha value is -0.260. The van der Waals surface area contributed by atoms with Crippen LogP contribution < -0.4 is 0 Å². The first-order chi connectivity index (χ1) is 8.81. The van der Waals surface area contributed by atoms with Gasteiger partial charge in [-0.2, -0.15) is 0 Å². The van der Waals surface area contributed by atoms with Crippen molar-refractivity contribution < 1.29 is 0 Å². The molecule has 0 heterocycles. The summed E-state index contributed by atoms with van der Waals surface area (Å²) in [5.74, 6) is 0. The van der Waals surface area contributed by atoms with Crippen LogP contribution in [0, 0.1) is 0 Å². The third-order valence-corrected chi connectivity index (χ3v) is 3.69. The summed E-state index contributed by atoms with van der Waals surface area (Å²) >= 11 is 0. The minimum atomic E-state index is 1.29. The molecule has 0 saturated carbocycles. The first-order valence-electron chi connectivity index (χ1n) is 8.46. The Morgan fingerprint density at radius 1 is 0.667 bits per heavy atom. The maximum absolute atomic E-state index is 2.45. The summed E-state index contributed by atoms with van der Waals surface area (Å²) in [6.07, 6.45) is 20.7. The van der Waals surface area contributed by atoms with Crippen LogP contribution in [0.2, 0.25) is 0 Å². The van der Waals surface area contributed by atoms with Crippen LogP contribution >= 0.6 is 0 Å². The second-order valence-electron chi connectivity index (χ2n) is 5.77. The van der Waals surface area contributed by atoms with Gasteiger partial charge in [0, 0.05) is 0 Å². The zero-order valence-electron chi connectivity index (χ0n) is 13.3. The standard InChI is InChI=1S/C18H36/c1-4-6-7-8-9-10-11-12-13-14-15-17-18(3)16-5-2/h17H,4-16H2,1-3H3. The van der Waals surface area contributed by atoms with Crippen molar-refractivity contribution in [3.05, 3.63) is 11.6 Å². The molecule has 0 atom stereocenters. The van der Waals surface area contributed by atoms with Gasteiger partial charge in [0.1, 0.15) is 0 Å². The average Bonchev–Trinajstić information content (AvgIpc) is 2.36. The molecule has 0 saturated heterocycles. The van der Waals surface area contributed by atoms with E-state index in [0.717, 1.165) is 0 Å². The van der Waals surface area contributed by atoms with Crippen molar-refractivity contribution >= 4 is 0 Å². The summed E-state index contributed by atoms with van der Waals surface area (Å²) in [7, 11) is 0. The lowest BCUT2D eigenvalue weighted by Crippen LogP contribution is -1.82. The zero-order chi connectivity index (χ0) is 13.5. The van der Waals surface area contributed by atoms with E-state index in [1.807, 2.05) is 0 Å². The van der Waals surface area contributed by atoms with Gasteiger partial charge >= 0.3 is 0 Å². The summed E-state index contributed by atoms with van der Waals surface area (Å²) in [5, 5.41) is 0. The highest BCUT2D eigenvalue weighted by Gasteiger charge is 1.92. The molecule has 0 amide bonds. The van der Waals surface area contributed by atoms with Crippen molar-refractivity contribution in [2.75, 3.05) is 0 Å². The lowest BCUT2D eigenvalue weighted by atomic mass is 10.0. The molecule has 0 N–H and O–H groups in total. The summed E-state index contributed by atoms with van der Waals surface area (Å²) in [6.45, 7) is 6.83. The van der Waals surface area contributed by atoms with Gasteiger partial charge in [0.05, 0.1) is 0 Å². The Morgan fingerprint density at radius 2 is 1.17 bits per heavy atom. The van der Waals surface area contributed by atoms with Gasteiger partial charge in [-0.15, -0.1) is 0 Å². The first-order valence-corrected chi connectivity index (χ1v) is 8.46. The Balaban J connectivity index is 3.09. The van der Waals surface area contributed by atoms with Crippen LogP contribution in [0.15, 0.2) is 11.6 Å². The maximum atomic E-state index is 2.45. The molecule has 0 aliphatic heterocycles. The van der Waals surface area contributed by atoms with E-state index in [0.29, 0.717) is 0 Å². The number of allylic oxidation sites excluding steroid dienone is 2. The minimum absolute atomic E-state index is 1.29. The Bertz CT molecular complexity index is 178. The number of hydrogen-bond acceptors (Lipinski definition) is 0. The molecule has 0 heteroatoms. The van der Waals surface area contributed by atoms with Gasteiger partial charge in [-0.1, -0.05) is 89.7 Å². The molecule has 0 nitrogen and oxygen atoms in total. The fourth-order valence-corrected chi connectivity index (χ4v) is 2.48. The third-order valence-electron chi connectivity index (χ3n) is 3.69. The van der Waals surface area contributed by atoms with E-state index in [1.165, 1.54) is 83.5 Å². The Morgan fingerprint density at radius 3 is 1.67 bits per heavy atom. The Kier molecular flexibility index (Phi) is 14.6. The SMILES string of the molecule is CCCCCCCCCCCCC=C(C)CCC. The summed E-state index contributed by atoms with van der Waals surface area (Å²) in [6, 6.07) is 0. The monoisotopic (exact) mass is 252 g/mol. The van der Waals surface area contributed by atoms with E-state index in [9.17, 15) is 0 Å². The van der Waals surface area contributed by atoms with Crippen molar-refractivity contribution in [3.63, 3.8) is 0 Å². The van der Waals surface area contributed by atoms with Crippen LogP contribution in [0.3, 0.4) is 0 Å². The van der Waals surface area contributed by atoms with Crippen molar-refractivity contribution in [3.8, 4) is 0 Å². The van der Waals surface area contributed by atoms with Gasteiger partial charge in [0.25, 0.3) is 0 Å². The largest absolute Gasteiger partial charge is 0.0856 e. The van der Waals surface area contributed by atoms with E-state index >= 15 is 0 Å². The van der Waals surface area contributed by atoms with E-state index in [-0.39, 0.29) is 0 Å². The molecule has 18 heavy (non-hydrogen) atoms. The molecule has 0 unspecified atom stereocenters. The van der Waals surface area contributed by atoms with E-state index < -0.39 is 0 Å². The smallest absolute Gasteiger partial charge is 0.0326 e. The van der Waals surface area contributed by atoms with Crippen LogP contribution in [-0.2, 0) is 0 Å². The fourth-order valence-electron chi connectivity index (χ4n) is 2.48. The molecule has 0 radical (unpaired) electrons. The molecule has 0 bridgehead atoms. The fraction of sp³-hybridized carbons (Fsp3) is 0.889. The van der Waals surface area contributed by atoms with Gasteiger partial charge < -0.3 is 0 Å². The van der Waals surface area contributed by atoms with Crippen molar-refractivity contribution in [2.24, 2.45) is 0 Å². The lowest BCUT2D eigenvalue weighted by Gasteiger charge is -2.02. The molecule has 0 rings (SSSR count). The van der Waals surface area contributed by atoms with Crippen LogP contribution in [0.25, 0.3) is 0 Å². The molecule has 0 aliphatic carbocycles. The van der Waals surface area contributed by atoms with Gasteiger partial charge in [0.15, 0.2) is 0 Å². The highest BCUT2D eigenvalue weighted by atomic mass is 14.0. The van der Waals surface area contributed by atoms with E-state index in [2.05, 4.69) is 26.8 Å². The van der Waals surface area contributed by atoms with Gasteiger partial charge in [-0.3, -0.25) is 0 Å². The van der Waals surface area contributed by atoms with Crippen molar-refractivity contribution in [1.82, 2.24) is 0 Å². The minimum Gasteiger partial charge on any atom is -0.0856 e. The number of rotatable bonds is 13. The van der Waals surface area contributed by atoms with Crippen molar-refractivity contribution in [1.29, 1.82) is 0 Å². The third kappa shape index (κ3) is 13.8. The average molecular weight is 252 g/mol. The van der Waals surface area contributed by atoms with E-state index in [4.69, 9.17) is 0 Å². The predicted octanol–water partition coefficient (Wildman–Crippen LogP) is 7.04. The Labute approximate surface area is 116 Å². The van der Waals surface area contributed by atoms with Crippen LogP contribution in [0.4, 0.5) is 0 Å². The second-order valence-corrected chi connectivity index (χ2v) is 5.77. The number of hydrogen-bond donors (Lipinski definition) is 0. The highest BCUT2D eigenvalue weighted by Crippen LogP contribution is 2.12. The van der Waals surface area contributed by atoms with Gasteiger partial charge in [-0.05, 0) is 26.2 Å². The highest BCUT2D eigenvalue weighted by molar-refractivity contribution is 4.97. The molecular weight excluding hydrogens is 216 g/mol. The summed E-state index contributed by atoms with van der Waals surface area (Å²) in [5.41, 5.74) is 1.59. The normalized spacial score (nSPS) is 12.1. The zero-order valence-corrected chi connectivity index (χ0v) is 13.3. The molecule has 0 aromatic heterocycles. The predicted molar refractivity (Wildman–Crippen MR) is 85.1 cm³/mol. The van der Waals surface area contributed by atoms with Gasteiger partial charge in [0.2, 0.25) is 0 Å². The van der Waals surface area contributed by atoms with Crippen LogP contribution in [-0.4, -0.2) is 0 Å². The molecule has 0 aromatic carbocycles. The van der Waals surface area contributed by atoms with Crippen LogP contribution in [0.5, 0.6) is 0 Å². The summed E-state index contributed by atoms with van der Waals surface area (Å²) in [4.78, 5) is 0. The molecular formula is C18H36. The summed E-state index contributed by atoms with van der Waals surface area (Å²) < 4.78 is 0. The molecule has 0 aromatic rings. The van der Waals surface area contributed by atoms with Gasteiger partial charge in [-0.25, -0.2) is 0 Å². The maximum Gasteiger partial charge on any atom is -0.0326 e. The molecule has 108 valence electrons. The molecule has 0 spiro atoms. The quantitative estimate of drug-likeness (QED) is 0.243. The topological polar surface area (TPSA) is 0 Å². The second kappa shape index (κ2) is 14.8. The molecule has 0 fully saturated rings. The van der Waals surface area contributed by atoms with E-state index in [1.54, 1.807) is 5.57 Å². The molecule has 0 aliphatic rings. The van der Waals surface area contributed by atoms with Crippen molar-refractivity contribution in [2.45, 2.75) is 104 Å².